The van der Waals surface area contributed by atoms with E-state index in [9.17, 15) is 9.59 Å². The van der Waals surface area contributed by atoms with Crippen LogP contribution in [0.15, 0.2) is 34.0 Å². The van der Waals surface area contributed by atoms with Gasteiger partial charge in [-0.25, -0.2) is 4.98 Å². The van der Waals surface area contributed by atoms with E-state index < -0.39 is 0 Å². The minimum Gasteiger partial charge on any atom is -0.350 e. The second kappa shape index (κ2) is 8.49. The summed E-state index contributed by atoms with van der Waals surface area (Å²) in [5.41, 5.74) is 2.40. The van der Waals surface area contributed by atoms with Gasteiger partial charge in [0.15, 0.2) is 0 Å². The fraction of sp³-hybridized carbons (Fsp3) is 0.389. The number of carbonyl (C=O) groups excluding carboxylic acids is 2. The molecule has 2 N–H and O–H groups in total. The molecule has 25 heavy (non-hydrogen) atoms. The standard InChI is InChI=1S/C18H23N3O2S2/c1-12-10-24-17(20-12)25-11-13-5-7-14(8-6-13)16(23)19-9-15(22)21-18(2,3)4/h5-8,10H,9,11H2,1-4H3,(H,19,23)(H,21,22). The molecule has 2 rings (SSSR count). The third-order valence-electron chi connectivity index (χ3n) is 3.10. The second-order valence-electron chi connectivity index (χ2n) is 6.72. The van der Waals surface area contributed by atoms with Gasteiger partial charge < -0.3 is 10.6 Å². The van der Waals surface area contributed by atoms with Gasteiger partial charge in [0, 0.05) is 27.9 Å². The summed E-state index contributed by atoms with van der Waals surface area (Å²) in [5, 5.41) is 7.48. The number of rotatable bonds is 6. The van der Waals surface area contributed by atoms with Gasteiger partial charge in [-0.15, -0.1) is 11.3 Å². The molecule has 5 nitrogen and oxygen atoms in total. The summed E-state index contributed by atoms with van der Waals surface area (Å²) < 4.78 is 1.05. The van der Waals surface area contributed by atoms with E-state index >= 15 is 0 Å². The second-order valence-corrected chi connectivity index (χ2v) is 8.80. The molecule has 0 unspecified atom stereocenters. The number of hydrogen-bond donors (Lipinski definition) is 2. The lowest BCUT2D eigenvalue weighted by atomic mass is 10.1. The van der Waals surface area contributed by atoms with Crippen LogP contribution in [0.25, 0.3) is 0 Å². The highest BCUT2D eigenvalue weighted by Gasteiger charge is 2.14. The number of thioether (sulfide) groups is 1. The molecule has 1 aromatic heterocycles. The Morgan fingerprint density at radius 2 is 1.88 bits per heavy atom. The van der Waals surface area contributed by atoms with E-state index in [1.54, 1.807) is 35.2 Å². The van der Waals surface area contributed by atoms with Crippen molar-refractivity contribution in [2.24, 2.45) is 0 Å². The van der Waals surface area contributed by atoms with Crippen molar-refractivity contribution in [3.05, 3.63) is 46.5 Å². The Kier molecular flexibility index (Phi) is 6.61. The van der Waals surface area contributed by atoms with Gasteiger partial charge in [-0.3, -0.25) is 9.59 Å². The number of amides is 2. The lowest BCUT2D eigenvalue weighted by molar-refractivity contribution is -0.121. The Hall–Kier alpha value is -1.86. The minimum atomic E-state index is -0.308. The topological polar surface area (TPSA) is 71.1 Å². The Morgan fingerprint density at radius 1 is 1.20 bits per heavy atom. The van der Waals surface area contributed by atoms with Gasteiger partial charge in [0.05, 0.1) is 6.54 Å². The van der Waals surface area contributed by atoms with Gasteiger partial charge in [-0.1, -0.05) is 23.9 Å². The van der Waals surface area contributed by atoms with E-state index in [0.717, 1.165) is 21.3 Å². The van der Waals surface area contributed by atoms with Gasteiger partial charge in [0.2, 0.25) is 5.91 Å². The number of thiazole rings is 1. The average molecular weight is 378 g/mol. The molecule has 0 fully saturated rings. The molecule has 0 saturated carbocycles. The summed E-state index contributed by atoms with van der Waals surface area (Å²) in [4.78, 5) is 28.3. The van der Waals surface area contributed by atoms with Crippen molar-refractivity contribution >= 4 is 34.9 Å². The number of carbonyl (C=O) groups is 2. The molecule has 0 saturated heterocycles. The van der Waals surface area contributed by atoms with E-state index in [1.807, 2.05) is 45.2 Å². The van der Waals surface area contributed by atoms with E-state index in [4.69, 9.17) is 0 Å². The van der Waals surface area contributed by atoms with Crippen molar-refractivity contribution in [1.82, 2.24) is 15.6 Å². The van der Waals surface area contributed by atoms with Crippen molar-refractivity contribution in [2.75, 3.05) is 6.54 Å². The van der Waals surface area contributed by atoms with Gasteiger partial charge in [-0.2, -0.15) is 0 Å². The number of benzene rings is 1. The summed E-state index contributed by atoms with van der Waals surface area (Å²) >= 11 is 3.32. The summed E-state index contributed by atoms with van der Waals surface area (Å²) in [6, 6.07) is 7.41. The van der Waals surface area contributed by atoms with Crippen LogP contribution in [-0.4, -0.2) is 28.9 Å². The molecule has 0 atom stereocenters. The fourth-order valence-electron chi connectivity index (χ4n) is 2.02. The quantitative estimate of drug-likeness (QED) is 0.757. The van der Waals surface area contributed by atoms with Crippen LogP contribution in [0.5, 0.6) is 0 Å². The number of nitrogens with zero attached hydrogens (tertiary/aromatic N) is 1. The Balaban J connectivity index is 1.82. The Labute approximate surface area is 156 Å². The number of aromatic nitrogens is 1. The molecule has 2 amide bonds. The molecule has 1 aromatic carbocycles. The molecule has 0 bridgehead atoms. The van der Waals surface area contributed by atoms with E-state index in [1.165, 1.54) is 0 Å². The summed E-state index contributed by atoms with van der Waals surface area (Å²) in [7, 11) is 0. The minimum absolute atomic E-state index is 0.0306. The summed E-state index contributed by atoms with van der Waals surface area (Å²) in [6.07, 6.45) is 0. The molecule has 0 aliphatic rings. The highest BCUT2D eigenvalue weighted by molar-refractivity contribution is 8.00. The first kappa shape index (κ1) is 19.5. The van der Waals surface area contributed by atoms with Gasteiger partial charge in [0.1, 0.15) is 4.34 Å². The number of hydrogen-bond acceptors (Lipinski definition) is 5. The monoisotopic (exact) mass is 377 g/mol. The van der Waals surface area contributed by atoms with Crippen molar-refractivity contribution < 1.29 is 9.59 Å². The predicted octanol–water partition coefficient (Wildman–Crippen LogP) is 3.39. The van der Waals surface area contributed by atoms with Crippen molar-refractivity contribution in [1.29, 1.82) is 0 Å². The van der Waals surface area contributed by atoms with Crippen LogP contribution in [0.2, 0.25) is 0 Å². The first-order valence-corrected chi connectivity index (χ1v) is 9.82. The maximum Gasteiger partial charge on any atom is 0.251 e. The molecule has 134 valence electrons. The molecule has 0 aliphatic carbocycles. The van der Waals surface area contributed by atoms with Crippen LogP contribution < -0.4 is 10.6 Å². The lowest BCUT2D eigenvalue weighted by Crippen LogP contribution is -2.45. The molecular weight excluding hydrogens is 354 g/mol. The Bertz CT molecular complexity index is 734. The first-order valence-electron chi connectivity index (χ1n) is 7.96. The molecule has 0 aliphatic heterocycles. The van der Waals surface area contributed by atoms with Crippen molar-refractivity contribution in [3.8, 4) is 0 Å². The molecular formula is C18H23N3O2S2. The van der Waals surface area contributed by atoms with Crippen LogP contribution in [0.3, 0.4) is 0 Å². The van der Waals surface area contributed by atoms with E-state index in [0.29, 0.717) is 5.56 Å². The van der Waals surface area contributed by atoms with Crippen LogP contribution in [0, 0.1) is 6.92 Å². The number of nitrogens with one attached hydrogen (secondary N) is 2. The highest BCUT2D eigenvalue weighted by Crippen LogP contribution is 2.26. The molecule has 2 aromatic rings. The normalized spacial score (nSPS) is 11.2. The van der Waals surface area contributed by atoms with Crippen molar-refractivity contribution in [2.45, 2.75) is 43.3 Å². The molecule has 1 heterocycles. The zero-order valence-electron chi connectivity index (χ0n) is 14.9. The maximum absolute atomic E-state index is 12.1. The third-order valence-corrected chi connectivity index (χ3v) is 5.31. The fourth-order valence-corrected chi connectivity index (χ4v) is 3.83. The first-order chi connectivity index (χ1) is 11.7. The van der Waals surface area contributed by atoms with Gasteiger partial charge >= 0.3 is 0 Å². The summed E-state index contributed by atoms with van der Waals surface area (Å²) in [6.45, 7) is 7.65. The number of aryl methyl sites for hydroxylation is 1. The van der Waals surface area contributed by atoms with Crippen LogP contribution >= 0.6 is 23.1 Å². The third kappa shape index (κ3) is 6.88. The van der Waals surface area contributed by atoms with Crippen molar-refractivity contribution in [3.63, 3.8) is 0 Å². The summed E-state index contributed by atoms with van der Waals surface area (Å²) in [5.74, 6) is 0.356. The van der Waals surface area contributed by atoms with Gasteiger partial charge in [0.25, 0.3) is 5.91 Å². The maximum atomic E-state index is 12.1. The zero-order chi connectivity index (χ0) is 18.4. The highest BCUT2D eigenvalue weighted by atomic mass is 32.2. The zero-order valence-corrected chi connectivity index (χ0v) is 16.5. The van der Waals surface area contributed by atoms with E-state index in [2.05, 4.69) is 15.6 Å². The van der Waals surface area contributed by atoms with E-state index in [-0.39, 0.29) is 23.9 Å². The SMILES string of the molecule is Cc1csc(SCc2ccc(C(=O)NCC(=O)NC(C)(C)C)cc2)n1. The van der Waals surface area contributed by atoms with Crippen LogP contribution in [-0.2, 0) is 10.5 Å². The van der Waals surface area contributed by atoms with Crippen LogP contribution in [0.1, 0.15) is 42.4 Å². The Morgan fingerprint density at radius 3 is 2.44 bits per heavy atom. The van der Waals surface area contributed by atoms with Crippen LogP contribution in [0.4, 0.5) is 0 Å². The smallest absolute Gasteiger partial charge is 0.251 e. The molecule has 0 spiro atoms. The molecule has 0 radical (unpaired) electrons. The van der Waals surface area contributed by atoms with Gasteiger partial charge in [-0.05, 0) is 45.4 Å². The lowest BCUT2D eigenvalue weighted by Gasteiger charge is -2.20. The molecule has 7 heteroatoms. The average Bonchev–Trinajstić information content (AvgIpc) is 2.95. The predicted molar refractivity (Wildman–Crippen MR) is 103 cm³/mol. The largest absolute Gasteiger partial charge is 0.350 e.